The Labute approximate surface area is 121 Å². The first kappa shape index (κ1) is 14.4. The molecular weight excluding hydrogens is 252 g/mol. The molecule has 1 aromatic carbocycles. The zero-order valence-electron chi connectivity index (χ0n) is 12.1. The number of amidine groups is 1. The fraction of sp³-hybridized carbons (Fsp3) is 0.562. The van der Waals surface area contributed by atoms with Crippen molar-refractivity contribution in [2.75, 3.05) is 5.75 Å². The van der Waals surface area contributed by atoms with Crippen LogP contribution in [0.1, 0.15) is 32.8 Å². The van der Waals surface area contributed by atoms with Crippen molar-refractivity contribution in [2.24, 2.45) is 10.9 Å². The molecule has 0 saturated carbocycles. The van der Waals surface area contributed by atoms with Crippen LogP contribution in [0.5, 0.6) is 0 Å². The standard InChI is InChI=1S/C16H24N2S/c1-4-15(12(2)3)18-16-17-14(11-19-16)10-13-8-6-5-7-9-13/h5-9,12,14-15H,4,10-11H2,1-3H3,(H,17,18). The van der Waals surface area contributed by atoms with Crippen LogP contribution in [-0.4, -0.2) is 23.0 Å². The lowest BCUT2D eigenvalue weighted by Crippen LogP contribution is -2.36. The molecule has 0 spiro atoms. The first-order chi connectivity index (χ1) is 9.19. The van der Waals surface area contributed by atoms with Gasteiger partial charge in [0.25, 0.3) is 0 Å². The maximum atomic E-state index is 4.82. The first-order valence-electron chi connectivity index (χ1n) is 7.20. The second kappa shape index (κ2) is 6.99. The van der Waals surface area contributed by atoms with Crippen LogP contribution in [0.3, 0.4) is 0 Å². The van der Waals surface area contributed by atoms with Gasteiger partial charge in [0, 0.05) is 11.8 Å². The van der Waals surface area contributed by atoms with E-state index in [1.54, 1.807) is 0 Å². The Hall–Kier alpha value is -0.960. The molecule has 0 saturated heterocycles. The lowest BCUT2D eigenvalue weighted by atomic mass is 10.0. The number of hydrogen-bond acceptors (Lipinski definition) is 3. The quantitative estimate of drug-likeness (QED) is 0.886. The van der Waals surface area contributed by atoms with Gasteiger partial charge in [0.15, 0.2) is 5.17 Å². The van der Waals surface area contributed by atoms with E-state index in [2.05, 4.69) is 56.4 Å². The van der Waals surface area contributed by atoms with Crippen molar-refractivity contribution in [3.63, 3.8) is 0 Å². The number of thioether (sulfide) groups is 1. The van der Waals surface area contributed by atoms with E-state index in [0.29, 0.717) is 18.0 Å². The molecule has 3 heteroatoms. The summed E-state index contributed by atoms with van der Waals surface area (Å²) in [6.45, 7) is 6.77. The van der Waals surface area contributed by atoms with E-state index in [-0.39, 0.29) is 0 Å². The number of aliphatic imine (C=N–C) groups is 1. The van der Waals surface area contributed by atoms with Crippen molar-refractivity contribution >= 4 is 16.9 Å². The van der Waals surface area contributed by atoms with Gasteiger partial charge in [0.2, 0.25) is 0 Å². The number of rotatable bonds is 5. The Kier molecular flexibility index (Phi) is 5.32. The molecule has 0 fully saturated rings. The summed E-state index contributed by atoms with van der Waals surface area (Å²) in [6, 6.07) is 11.6. The summed E-state index contributed by atoms with van der Waals surface area (Å²) >= 11 is 1.87. The fourth-order valence-corrected chi connectivity index (χ4v) is 3.38. The minimum Gasteiger partial charge on any atom is -0.362 e. The van der Waals surface area contributed by atoms with Gasteiger partial charge in [-0.15, -0.1) is 0 Å². The van der Waals surface area contributed by atoms with Gasteiger partial charge in [-0.25, -0.2) is 0 Å². The average molecular weight is 276 g/mol. The summed E-state index contributed by atoms with van der Waals surface area (Å²) in [5.74, 6) is 1.76. The molecule has 2 nitrogen and oxygen atoms in total. The minimum absolute atomic E-state index is 0.430. The van der Waals surface area contributed by atoms with E-state index in [0.717, 1.165) is 23.8 Å². The lowest BCUT2D eigenvalue weighted by Gasteiger charge is -2.21. The van der Waals surface area contributed by atoms with Crippen LogP contribution in [-0.2, 0) is 6.42 Å². The van der Waals surface area contributed by atoms with E-state index in [1.165, 1.54) is 5.56 Å². The number of hydrogen-bond donors (Lipinski definition) is 1. The van der Waals surface area contributed by atoms with Crippen molar-refractivity contribution in [1.82, 2.24) is 5.32 Å². The third-order valence-corrected chi connectivity index (χ3v) is 4.63. The molecule has 0 aromatic heterocycles. The van der Waals surface area contributed by atoms with Gasteiger partial charge in [-0.2, -0.15) is 0 Å². The van der Waals surface area contributed by atoms with Gasteiger partial charge in [-0.05, 0) is 24.3 Å². The highest BCUT2D eigenvalue weighted by atomic mass is 32.2. The maximum Gasteiger partial charge on any atom is 0.157 e. The molecule has 1 aliphatic rings. The highest BCUT2D eigenvalue weighted by Crippen LogP contribution is 2.21. The van der Waals surface area contributed by atoms with Crippen molar-refractivity contribution < 1.29 is 0 Å². The second-order valence-electron chi connectivity index (χ2n) is 5.49. The Bertz CT molecular complexity index is 414. The summed E-state index contributed by atoms with van der Waals surface area (Å²) in [4.78, 5) is 4.82. The van der Waals surface area contributed by atoms with Gasteiger partial charge in [0.1, 0.15) is 0 Å². The molecule has 1 N–H and O–H groups in total. The SMILES string of the molecule is CCC(NC1=NC(Cc2ccccc2)CS1)C(C)C. The van der Waals surface area contributed by atoms with Gasteiger partial charge in [-0.1, -0.05) is 62.9 Å². The Morgan fingerprint density at radius 2 is 2.05 bits per heavy atom. The normalized spacial score (nSPS) is 20.4. The van der Waals surface area contributed by atoms with Crippen LogP contribution >= 0.6 is 11.8 Å². The van der Waals surface area contributed by atoms with Crippen LogP contribution < -0.4 is 5.32 Å². The molecule has 104 valence electrons. The smallest absolute Gasteiger partial charge is 0.157 e. The summed E-state index contributed by atoms with van der Waals surface area (Å²) in [5, 5.41) is 4.73. The van der Waals surface area contributed by atoms with Gasteiger partial charge >= 0.3 is 0 Å². The Balaban J connectivity index is 1.90. The zero-order chi connectivity index (χ0) is 13.7. The van der Waals surface area contributed by atoms with Crippen molar-refractivity contribution in [3.05, 3.63) is 35.9 Å². The highest BCUT2D eigenvalue weighted by molar-refractivity contribution is 8.14. The maximum absolute atomic E-state index is 4.82. The third-order valence-electron chi connectivity index (χ3n) is 3.58. The minimum atomic E-state index is 0.430. The molecule has 0 aliphatic carbocycles. The van der Waals surface area contributed by atoms with Crippen molar-refractivity contribution in [2.45, 2.75) is 45.7 Å². The summed E-state index contributed by atoms with van der Waals surface area (Å²) in [6.07, 6.45) is 2.21. The fourth-order valence-electron chi connectivity index (χ4n) is 2.38. The van der Waals surface area contributed by atoms with E-state index in [4.69, 9.17) is 4.99 Å². The molecule has 19 heavy (non-hydrogen) atoms. The molecule has 0 radical (unpaired) electrons. The van der Waals surface area contributed by atoms with Crippen molar-refractivity contribution in [1.29, 1.82) is 0 Å². The van der Waals surface area contributed by atoms with E-state index >= 15 is 0 Å². The van der Waals surface area contributed by atoms with Crippen LogP contribution in [0.2, 0.25) is 0 Å². The van der Waals surface area contributed by atoms with Gasteiger partial charge < -0.3 is 5.32 Å². The topological polar surface area (TPSA) is 24.4 Å². The van der Waals surface area contributed by atoms with Crippen molar-refractivity contribution in [3.8, 4) is 0 Å². The second-order valence-corrected chi connectivity index (χ2v) is 6.50. The molecule has 2 atom stereocenters. The van der Waals surface area contributed by atoms with Crippen LogP contribution in [0.25, 0.3) is 0 Å². The van der Waals surface area contributed by atoms with E-state index < -0.39 is 0 Å². The predicted octanol–water partition coefficient (Wildman–Crippen LogP) is 3.72. The van der Waals surface area contributed by atoms with E-state index in [1.807, 2.05) is 11.8 Å². The van der Waals surface area contributed by atoms with E-state index in [9.17, 15) is 0 Å². The summed E-state index contributed by atoms with van der Waals surface area (Å²) in [5.41, 5.74) is 1.38. The number of benzene rings is 1. The molecule has 2 rings (SSSR count). The summed E-state index contributed by atoms with van der Waals surface area (Å²) in [7, 11) is 0. The zero-order valence-corrected chi connectivity index (χ0v) is 12.9. The van der Waals surface area contributed by atoms with Gasteiger partial charge in [0.05, 0.1) is 6.04 Å². The summed E-state index contributed by atoms with van der Waals surface area (Å²) < 4.78 is 0. The van der Waals surface area contributed by atoms with Crippen LogP contribution in [0, 0.1) is 5.92 Å². The molecule has 1 aromatic rings. The Morgan fingerprint density at radius 1 is 1.32 bits per heavy atom. The Morgan fingerprint density at radius 3 is 2.68 bits per heavy atom. The predicted molar refractivity (Wildman–Crippen MR) is 85.9 cm³/mol. The first-order valence-corrected chi connectivity index (χ1v) is 8.18. The third kappa shape index (κ3) is 4.27. The highest BCUT2D eigenvalue weighted by Gasteiger charge is 2.21. The van der Waals surface area contributed by atoms with Crippen LogP contribution in [0.4, 0.5) is 0 Å². The molecular formula is C16H24N2S. The number of nitrogens with one attached hydrogen (secondary N) is 1. The van der Waals surface area contributed by atoms with Gasteiger partial charge in [-0.3, -0.25) is 4.99 Å². The monoisotopic (exact) mass is 276 g/mol. The number of nitrogens with zero attached hydrogens (tertiary/aromatic N) is 1. The molecule has 1 heterocycles. The molecule has 0 amide bonds. The molecule has 1 aliphatic heterocycles. The molecule has 0 bridgehead atoms. The largest absolute Gasteiger partial charge is 0.362 e. The molecule has 2 unspecified atom stereocenters. The average Bonchev–Trinajstić information content (AvgIpc) is 2.84. The van der Waals surface area contributed by atoms with Crippen LogP contribution in [0.15, 0.2) is 35.3 Å². The lowest BCUT2D eigenvalue weighted by molar-refractivity contribution is 0.443.